The van der Waals surface area contributed by atoms with E-state index >= 15 is 0 Å². The third-order valence-electron chi connectivity index (χ3n) is 2.82. The quantitative estimate of drug-likeness (QED) is 0.863. The van der Waals surface area contributed by atoms with Gasteiger partial charge in [0, 0.05) is 0 Å². The Balaban J connectivity index is 2.40. The molecule has 0 spiro atoms. The van der Waals surface area contributed by atoms with Crippen LogP contribution in [-0.2, 0) is 0 Å². The van der Waals surface area contributed by atoms with E-state index in [-0.39, 0.29) is 5.02 Å². The lowest BCUT2D eigenvalue weighted by Gasteiger charge is -2.13. The van der Waals surface area contributed by atoms with Gasteiger partial charge in [-0.3, -0.25) is 0 Å². The highest BCUT2D eigenvalue weighted by atomic mass is 35.5. The molecule has 2 aromatic rings. The number of hydrogen-bond donors (Lipinski definition) is 1. The summed E-state index contributed by atoms with van der Waals surface area (Å²) in [6.45, 7) is 3.93. The highest BCUT2D eigenvalue weighted by molar-refractivity contribution is 6.30. The van der Waals surface area contributed by atoms with Gasteiger partial charge in [-0.2, -0.15) is 0 Å². The van der Waals surface area contributed by atoms with Crippen LogP contribution in [0.2, 0.25) is 5.02 Å². The molecule has 0 aromatic heterocycles. The van der Waals surface area contributed by atoms with E-state index in [9.17, 15) is 9.50 Å². The van der Waals surface area contributed by atoms with Crippen molar-refractivity contribution in [3.05, 3.63) is 69.5 Å². The number of aliphatic hydroxyl groups excluding tert-OH is 1. The molecule has 0 saturated heterocycles. The molecule has 18 heavy (non-hydrogen) atoms. The van der Waals surface area contributed by atoms with Crippen LogP contribution in [0.3, 0.4) is 0 Å². The minimum atomic E-state index is -0.838. The maximum absolute atomic E-state index is 13.4. The van der Waals surface area contributed by atoms with Crippen LogP contribution in [0, 0.1) is 19.7 Å². The molecular weight excluding hydrogens is 251 g/mol. The number of aliphatic hydroxyl groups is 1. The van der Waals surface area contributed by atoms with Crippen LogP contribution in [0.15, 0.2) is 36.4 Å². The summed E-state index contributed by atoms with van der Waals surface area (Å²) in [5, 5.41) is 10.3. The highest BCUT2D eigenvalue weighted by Gasteiger charge is 2.13. The second kappa shape index (κ2) is 5.09. The van der Waals surface area contributed by atoms with Gasteiger partial charge in [-0.1, -0.05) is 47.0 Å². The maximum atomic E-state index is 13.4. The first-order chi connectivity index (χ1) is 8.47. The van der Waals surface area contributed by atoms with Crippen LogP contribution >= 0.6 is 11.6 Å². The second-order valence-electron chi connectivity index (χ2n) is 4.50. The maximum Gasteiger partial charge on any atom is 0.142 e. The van der Waals surface area contributed by atoms with E-state index in [0.717, 1.165) is 16.7 Å². The minimum absolute atomic E-state index is 0.0615. The summed E-state index contributed by atoms with van der Waals surface area (Å²) in [7, 11) is 0. The van der Waals surface area contributed by atoms with E-state index in [1.54, 1.807) is 6.07 Å². The summed E-state index contributed by atoms with van der Waals surface area (Å²) < 4.78 is 13.4. The normalized spacial score (nSPS) is 12.5. The largest absolute Gasteiger partial charge is 0.384 e. The first-order valence-electron chi connectivity index (χ1n) is 5.68. The van der Waals surface area contributed by atoms with Crippen molar-refractivity contribution < 1.29 is 9.50 Å². The lowest BCUT2D eigenvalue weighted by Crippen LogP contribution is -2.01. The van der Waals surface area contributed by atoms with Gasteiger partial charge in [0.1, 0.15) is 11.9 Å². The molecular formula is C15H14ClFO. The molecule has 1 N–H and O–H groups in total. The summed E-state index contributed by atoms with van der Waals surface area (Å²) in [6, 6.07) is 10.2. The molecule has 0 saturated carbocycles. The van der Waals surface area contributed by atoms with Crippen LogP contribution in [0.5, 0.6) is 0 Å². The standard InChI is InChI=1S/C15H14ClFO/c1-9-5-10(2)7-12(6-9)15(18)11-3-4-13(16)14(17)8-11/h3-8,15,18H,1-2H3. The average Bonchev–Trinajstić information content (AvgIpc) is 2.30. The molecule has 0 aliphatic heterocycles. The first-order valence-corrected chi connectivity index (χ1v) is 6.06. The van der Waals surface area contributed by atoms with Gasteiger partial charge in [-0.25, -0.2) is 4.39 Å². The van der Waals surface area contributed by atoms with Gasteiger partial charge in [0.2, 0.25) is 0 Å². The smallest absolute Gasteiger partial charge is 0.142 e. The fraction of sp³-hybridized carbons (Fsp3) is 0.200. The predicted octanol–water partition coefficient (Wildman–Crippen LogP) is 4.18. The lowest BCUT2D eigenvalue weighted by molar-refractivity contribution is 0.219. The number of rotatable bonds is 2. The highest BCUT2D eigenvalue weighted by Crippen LogP contribution is 2.26. The SMILES string of the molecule is Cc1cc(C)cc(C(O)c2ccc(Cl)c(F)c2)c1. The fourth-order valence-electron chi connectivity index (χ4n) is 2.04. The van der Waals surface area contributed by atoms with E-state index in [2.05, 4.69) is 0 Å². The Hall–Kier alpha value is -1.38. The van der Waals surface area contributed by atoms with Crippen molar-refractivity contribution in [3.8, 4) is 0 Å². The third kappa shape index (κ3) is 2.71. The van der Waals surface area contributed by atoms with Gasteiger partial charge in [-0.05, 0) is 37.1 Å². The van der Waals surface area contributed by atoms with Crippen molar-refractivity contribution in [3.63, 3.8) is 0 Å². The summed E-state index contributed by atoms with van der Waals surface area (Å²) >= 11 is 5.63. The molecule has 2 rings (SSSR count). The van der Waals surface area contributed by atoms with Gasteiger partial charge < -0.3 is 5.11 Å². The van der Waals surface area contributed by atoms with Crippen LogP contribution in [0.25, 0.3) is 0 Å². The van der Waals surface area contributed by atoms with E-state index in [4.69, 9.17) is 11.6 Å². The molecule has 0 heterocycles. The first kappa shape index (κ1) is 13.1. The number of benzene rings is 2. The minimum Gasteiger partial charge on any atom is -0.384 e. The zero-order chi connectivity index (χ0) is 13.3. The molecule has 0 aliphatic carbocycles. The van der Waals surface area contributed by atoms with Crippen molar-refractivity contribution >= 4 is 11.6 Å². The van der Waals surface area contributed by atoms with Gasteiger partial charge in [0.25, 0.3) is 0 Å². The van der Waals surface area contributed by atoms with Gasteiger partial charge in [0.15, 0.2) is 0 Å². The molecule has 0 amide bonds. The molecule has 2 aromatic carbocycles. The number of aryl methyl sites for hydroxylation is 2. The van der Waals surface area contributed by atoms with Crippen molar-refractivity contribution in [2.24, 2.45) is 0 Å². The van der Waals surface area contributed by atoms with Crippen LogP contribution < -0.4 is 0 Å². The summed E-state index contributed by atoms with van der Waals surface area (Å²) in [6.07, 6.45) is -0.838. The molecule has 1 nitrogen and oxygen atoms in total. The van der Waals surface area contributed by atoms with E-state index in [1.165, 1.54) is 12.1 Å². The monoisotopic (exact) mass is 264 g/mol. The molecule has 0 aliphatic rings. The average molecular weight is 265 g/mol. The van der Waals surface area contributed by atoms with Gasteiger partial charge in [0.05, 0.1) is 5.02 Å². The van der Waals surface area contributed by atoms with Crippen molar-refractivity contribution in [2.45, 2.75) is 20.0 Å². The number of halogens is 2. The zero-order valence-electron chi connectivity index (χ0n) is 10.2. The zero-order valence-corrected chi connectivity index (χ0v) is 11.0. The molecule has 0 radical (unpaired) electrons. The molecule has 1 unspecified atom stereocenters. The van der Waals surface area contributed by atoms with Crippen LogP contribution in [-0.4, -0.2) is 5.11 Å². The molecule has 0 fully saturated rings. The Morgan fingerprint density at radius 1 is 1.00 bits per heavy atom. The summed E-state index contributed by atoms with van der Waals surface area (Å²) in [5.41, 5.74) is 3.40. The van der Waals surface area contributed by atoms with E-state index in [1.807, 2.05) is 32.0 Å². The van der Waals surface area contributed by atoms with E-state index in [0.29, 0.717) is 5.56 Å². The molecule has 94 valence electrons. The lowest BCUT2D eigenvalue weighted by atomic mass is 9.98. The van der Waals surface area contributed by atoms with Crippen LogP contribution in [0.1, 0.15) is 28.4 Å². The Morgan fingerprint density at radius 3 is 2.17 bits per heavy atom. The fourth-order valence-corrected chi connectivity index (χ4v) is 2.16. The van der Waals surface area contributed by atoms with Crippen molar-refractivity contribution in [1.29, 1.82) is 0 Å². The van der Waals surface area contributed by atoms with Crippen LogP contribution in [0.4, 0.5) is 4.39 Å². The van der Waals surface area contributed by atoms with Crippen molar-refractivity contribution in [2.75, 3.05) is 0 Å². The molecule has 0 bridgehead atoms. The Labute approximate surface area is 111 Å². The Bertz CT molecular complexity index is 560. The predicted molar refractivity (Wildman–Crippen MR) is 71.4 cm³/mol. The molecule has 1 atom stereocenters. The molecule has 3 heteroatoms. The van der Waals surface area contributed by atoms with E-state index < -0.39 is 11.9 Å². The summed E-state index contributed by atoms with van der Waals surface area (Å²) in [5.74, 6) is -0.516. The Kier molecular flexibility index (Phi) is 3.69. The Morgan fingerprint density at radius 2 is 1.61 bits per heavy atom. The van der Waals surface area contributed by atoms with Gasteiger partial charge in [-0.15, -0.1) is 0 Å². The van der Waals surface area contributed by atoms with Crippen molar-refractivity contribution in [1.82, 2.24) is 0 Å². The second-order valence-corrected chi connectivity index (χ2v) is 4.90. The summed E-state index contributed by atoms with van der Waals surface area (Å²) in [4.78, 5) is 0. The number of hydrogen-bond acceptors (Lipinski definition) is 1. The topological polar surface area (TPSA) is 20.2 Å². The third-order valence-corrected chi connectivity index (χ3v) is 3.13. The van der Waals surface area contributed by atoms with Gasteiger partial charge >= 0.3 is 0 Å².